The molecule has 0 spiro atoms. The lowest BCUT2D eigenvalue weighted by Crippen LogP contribution is -2.01. The Bertz CT molecular complexity index is 394. The minimum Gasteiger partial charge on any atom is -0.489 e. The molecule has 1 N–H and O–H groups in total. The van der Waals surface area contributed by atoms with Crippen LogP contribution in [0.25, 0.3) is 0 Å². The van der Waals surface area contributed by atoms with E-state index in [1.807, 2.05) is 24.3 Å². The first kappa shape index (κ1) is 12.3. The molecule has 0 radical (unpaired) electrons. The summed E-state index contributed by atoms with van der Waals surface area (Å²) in [6, 6.07) is 7.76. The van der Waals surface area contributed by atoms with Crippen LogP contribution in [-0.4, -0.2) is 17.7 Å². The number of carboxylic acids is 1. The molecule has 1 aromatic carbocycles. The van der Waals surface area contributed by atoms with E-state index in [-0.39, 0.29) is 6.61 Å². The summed E-state index contributed by atoms with van der Waals surface area (Å²) in [5.41, 5.74) is 1.43. The van der Waals surface area contributed by atoms with E-state index in [1.165, 1.54) is 0 Å². The molecule has 0 aromatic heterocycles. The van der Waals surface area contributed by atoms with Gasteiger partial charge in [-0.25, -0.2) is 4.79 Å². The third-order valence-corrected chi connectivity index (χ3v) is 2.32. The Morgan fingerprint density at radius 2 is 2.12 bits per heavy atom. The molecule has 0 atom stereocenters. The van der Waals surface area contributed by atoms with Crippen LogP contribution in [0.5, 0.6) is 5.75 Å². The van der Waals surface area contributed by atoms with Crippen LogP contribution in [0.2, 0.25) is 0 Å². The minimum absolute atomic E-state index is 0.287. The summed E-state index contributed by atoms with van der Waals surface area (Å²) >= 11 is 0. The summed E-state index contributed by atoms with van der Waals surface area (Å²) in [5, 5.41) is 8.66. The molecule has 86 valence electrons. The van der Waals surface area contributed by atoms with Crippen molar-refractivity contribution in [3.63, 3.8) is 0 Å². The average Bonchev–Trinajstić information content (AvgIpc) is 2.29. The van der Waals surface area contributed by atoms with Crippen LogP contribution in [0.4, 0.5) is 0 Å². The highest BCUT2D eigenvalue weighted by molar-refractivity contribution is 5.85. The van der Waals surface area contributed by atoms with Gasteiger partial charge < -0.3 is 9.84 Å². The van der Waals surface area contributed by atoms with Gasteiger partial charge in [0.1, 0.15) is 12.4 Å². The van der Waals surface area contributed by atoms with Crippen LogP contribution < -0.4 is 4.74 Å². The Morgan fingerprint density at radius 1 is 1.44 bits per heavy atom. The van der Waals surface area contributed by atoms with Crippen molar-refractivity contribution >= 4 is 5.97 Å². The van der Waals surface area contributed by atoms with Crippen molar-refractivity contribution in [2.75, 3.05) is 6.61 Å². The van der Waals surface area contributed by atoms with Gasteiger partial charge in [0.05, 0.1) is 0 Å². The Hall–Kier alpha value is -1.77. The van der Waals surface area contributed by atoms with Crippen molar-refractivity contribution in [3.8, 4) is 5.75 Å². The van der Waals surface area contributed by atoms with Crippen LogP contribution in [0.15, 0.2) is 35.9 Å². The topological polar surface area (TPSA) is 46.5 Å². The van der Waals surface area contributed by atoms with Crippen LogP contribution in [0.3, 0.4) is 0 Å². The Kier molecular flexibility index (Phi) is 4.58. The molecule has 1 rings (SSSR count). The molecule has 0 fully saturated rings. The van der Waals surface area contributed by atoms with Crippen LogP contribution >= 0.6 is 0 Å². The molecule has 16 heavy (non-hydrogen) atoms. The van der Waals surface area contributed by atoms with E-state index in [4.69, 9.17) is 9.84 Å². The first-order valence-electron chi connectivity index (χ1n) is 5.26. The van der Waals surface area contributed by atoms with E-state index in [1.54, 1.807) is 13.0 Å². The van der Waals surface area contributed by atoms with E-state index in [9.17, 15) is 4.79 Å². The zero-order chi connectivity index (χ0) is 12.0. The number of carboxylic acid groups (broad SMARTS) is 1. The minimum atomic E-state index is -0.910. The lowest BCUT2D eigenvalue weighted by molar-refractivity contribution is -0.132. The number of hydrogen-bond acceptors (Lipinski definition) is 2. The van der Waals surface area contributed by atoms with E-state index in [0.717, 1.165) is 17.7 Å². The maximum atomic E-state index is 10.5. The number of para-hydroxylation sites is 1. The summed E-state index contributed by atoms with van der Waals surface area (Å²) in [6.07, 6.45) is 2.46. The molecule has 0 amide bonds. The monoisotopic (exact) mass is 220 g/mol. The van der Waals surface area contributed by atoms with Crippen LogP contribution in [0, 0.1) is 0 Å². The van der Waals surface area contributed by atoms with Gasteiger partial charge in [-0.15, -0.1) is 0 Å². The molecule has 0 heterocycles. The van der Waals surface area contributed by atoms with Crippen molar-refractivity contribution in [2.24, 2.45) is 0 Å². The van der Waals surface area contributed by atoms with Gasteiger partial charge in [-0.3, -0.25) is 0 Å². The zero-order valence-electron chi connectivity index (χ0n) is 9.56. The average molecular weight is 220 g/mol. The van der Waals surface area contributed by atoms with Gasteiger partial charge in [0, 0.05) is 5.57 Å². The normalized spacial score (nSPS) is 11.2. The van der Waals surface area contributed by atoms with Gasteiger partial charge in [0.2, 0.25) is 0 Å². The second-order valence-electron chi connectivity index (χ2n) is 3.46. The summed E-state index contributed by atoms with van der Waals surface area (Å²) in [5.74, 6) is -0.0909. The molecule has 0 aliphatic rings. The summed E-state index contributed by atoms with van der Waals surface area (Å²) in [6.45, 7) is 3.90. The molecule has 0 aliphatic heterocycles. The van der Waals surface area contributed by atoms with Crippen molar-refractivity contribution in [3.05, 3.63) is 41.5 Å². The molecule has 1 aromatic rings. The zero-order valence-corrected chi connectivity index (χ0v) is 9.56. The SMILES string of the molecule is CCc1ccccc1OCC=C(C)C(=O)O. The number of aryl methyl sites for hydroxylation is 1. The predicted octanol–water partition coefficient (Wildman–Crippen LogP) is 2.66. The molecule has 0 unspecified atom stereocenters. The van der Waals surface area contributed by atoms with Gasteiger partial charge >= 0.3 is 5.97 Å². The van der Waals surface area contributed by atoms with E-state index in [0.29, 0.717) is 5.57 Å². The second kappa shape index (κ2) is 5.95. The highest BCUT2D eigenvalue weighted by Gasteiger charge is 2.01. The Balaban J connectivity index is 2.61. The fourth-order valence-corrected chi connectivity index (χ4v) is 1.28. The molecular weight excluding hydrogens is 204 g/mol. The third kappa shape index (κ3) is 3.42. The molecule has 0 saturated carbocycles. The van der Waals surface area contributed by atoms with Crippen molar-refractivity contribution in [1.82, 2.24) is 0 Å². The lowest BCUT2D eigenvalue weighted by atomic mass is 10.1. The first-order chi connectivity index (χ1) is 7.65. The van der Waals surface area contributed by atoms with Gasteiger partial charge in [-0.1, -0.05) is 25.1 Å². The summed E-state index contributed by atoms with van der Waals surface area (Å²) in [7, 11) is 0. The number of benzene rings is 1. The molecule has 0 saturated heterocycles. The number of rotatable bonds is 5. The Morgan fingerprint density at radius 3 is 2.75 bits per heavy atom. The molecule has 3 nitrogen and oxygen atoms in total. The van der Waals surface area contributed by atoms with Crippen molar-refractivity contribution in [1.29, 1.82) is 0 Å². The third-order valence-electron chi connectivity index (χ3n) is 2.32. The molecule has 0 aliphatic carbocycles. The highest BCUT2D eigenvalue weighted by Crippen LogP contribution is 2.18. The van der Waals surface area contributed by atoms with Crippen molar-refractivity contribution in [2.45, 2.75) is 20.3 Å². The van der Waals surface area contributed by atoms with E-state index in [2.05, 4.69) is 6.92 Å². The van der Waals surface area contributed by atoms with Gasteiger partial charge in [0.15, 0.2) is 0 Å². The molecular formula is C13H16O3. The smallest absolute Gasteiger partial charge is 0.331 e. The van der Waals surface area contributed by atoms with Crippen molar-refractivity contribution < 1.29 is 14.6 Å². The fourth-order valence-electron chi connectivity index (χ4n) is 1.28. The van der Waals surface area contributed by atoms with E-state index < -0.39 is 5.97 Å². The quantitative estimate of drug-likeness (QED) is 0.776. The number of hydrogen-bond donors (Lipinski definition) is 1. The molecule has 3 heteroatoms. The predicted molar refractivity (Wildman–Crippen MR) is 62.7 cm³/mol. The number of carbonyl (C=O) groups is 1. The molecule has 0 bridgehead atoms. The second-order valence-corrected chi connectivity index (χ2v) is 3.46. The van der Waals surface area contributed by atoms with E-state index >= 15 is 0 Å². The van der Waals surface area contributed by atoms with Crippen LogP contribution in [-0.2, 0) is 11.2 Å². The number of ether oxygens (including phenoxy) is 1. The highest BCUT2D eigenvalue weighted by atomic mass is 16.5. The van der Waals surface area contributed by atoms with Gasteiger partial charge in [-0.05, 0) is 31.1 Å². The largest absolute Gasteiger partial charge is 0.489 e. The first-order valence-corrected chi connectivity index (χ1v) is 5.26. The standard InChI is InChI=1S/C13H16O3/c1-3-11-6-4-5-7-12(11)16-9-8-10(2)13(14)15/h4-8H,3,9H2,1-2H3,(H,14,15). The van der Waals surface area contributed by atoms with Gasteiger partial charge in [-0.2, -0.15) is 0 Å². The summed E-state index contributed by atoms with van der Waals surface area (Å²) in [4.78, 5) is 10.5. The fraction of sp³-hybridized carbons (Fsp3) is 0.308. The Labute approximate surface area is 95.4 Å². The lowest BCUT2D eigenvalue weighted by Gasteiger charge is -2.08. The van der Waals surface area contributed by atoms with Gasteiger partial charge in [0.25, 0.3) is 0 Å². The summed E-state index contributed by atoms with van der Waals surface area (Å²) < 4.78 is 5.51. The maximum absolute atomic E-state index is 10.5. The van der Waals surface area contributed by atoms with Crippen LogP contribution in [0.1, 0.15) is 19.4 Å². The maximum Gasteiger partial charge on any atom is 0.331 e. The number of aliphatic carboxylic acids is 1.